The summed E-state index contributed by atoms with van der Waals surface area (Å²) in [5.41, 5.74) is 8.22. The quantitative estimate of drug-likeness (QED) is 0.682. The van der Waals surface area contributed by atoms with Crippen molar-refractivity contribution in [3.05, 3.63) is 17.6 Å². The number of aromatic nitrogens is 4. The molecule has 22 heavy (non-hydrogen) atoms. The molecule has 0 aliphatic heterocycles. The maximum absolute atomic E-state index is 6.26. The normalized spacial score (nSPS) is 11.4. The molecule has 0 fully saturated rings. The van der Waals surface area contributed by atoms with E-state index < -0.39 is 0 Å². The molecule has 2 N–H and O–H groups in total. The van der Waals surface area contributed by atoms with E-state index in [0.29, 0.717) is 24.8 Å². The van der Waals surface area contributed by atoms with Crippen LogP contribution in [0.2, 0.25) is 0 Å². The zero-order valence-corrected chi connectivity index (χ0v) is 13.7. The van der Waals surface area contributed by atoms with Crippen LogP contribution in [0.4, 0.5) is 5.82 Å². The molecule has 0 aliphatic rings. The van der Waals surface area contributed by atoms with E-state index in [1.54, 1.807) is 4.52 Å². The molecule has 2 aromatic heterocycles. The van der Waals surface area contributed by atoms with Crippen molar-refractivity contribution in [2.24, 2.45) is 0 Å². The zero-order chi connectivity index (χ0) is 15.8. The third kappa shape index (κ3) is 4.16. The van der Waals surface area contributed by atoms with Crippen LogP contribution in [0.3, 0.4) is 0 Å². The lowest BCUT2D eigenvalue weighted by atomic mass is 10.0. The lowest BCUT2D eigenvalue weighted by Crippen LogP contribution is -2.11. The van der Waals surface area contributed by atoms with Crippen LogP contribution in [0.15, 0.2) is 6.33 Å². The van der Waals surface area contributed by atoms with Gasteiger partial charge in [-0.05, 0) is 19.8 Å². The Labute approximate surface area is 132 Å². The van der Waals surface area contributed by atoms with Gasteiger partial charge in [0.2, 0.25) is 0 Å². The highest BCUT2D eigenvalue weighted by atomic mass is 16.5. The van der Waals surface area contributed by atoms with E-state index in [4.69, 9.17) is 10.5 Å². The van der Waals surface area contributed by atoms with E-state index in [1.807, 2.05) is 6.92 Å². The predicted octanol–water partition coefficient (Wildman–Crippen LogP) is 3.15. The molecule has 0 saturated heterocycles. The van der Waals surface area contributed by atoms with Crippen LogP contribution < -0.4 is 5.73 Å². The average Bonchev–Trinajstić information content (AvgIpc) is 2.99. The summed E-state index contributed by atoms with van der Waals surface area (Å²) < 4.78 is 7.14. The monoisotopic (exact) mass is 305 g/mol. The van der Waals surface area contributed by atoms with Crippen LogP contribution in [-0.2, 0) is 17.8 Å². The second kappa shape index (κ2) is 8.68. The molecule has 0 bridgehead atoms. The maximum Gasteiger partial charge on any atom is 0.254 e. The van der Waals surface area contributed by atoms with Gasteiger partial charge in [0.15, 0.2) is 0 Å². The summed E-state index contributed by atoms with van der Waals surface area (Å²) in [6.45, 7) is 5.36. The highest BCUT2D eigenvalue weighted by molar-refractivity contribution is 5.49. The minimum atomic E-state index is 0.481. The van der Waals surface area contributed by atoms with Crippen LogP contribution in [0.5, 0.6) is 0 Å². The van der Waals surface area contributed by atoms with Gasteiger partial charge >= 0.3 is 0 Å². The molecular weight excluding hydrogens is 278 g/mol. The second-order valence-electron chi connectivity index (χ2n) is 5.55. The Hall–Kier alpha value is -1.69. The Morgan fingerprint density at radius 3 is 2.68 bits per heavy atom. The van der Waals surface area contributed by atoms with Gasteiger partial charge in [-0.3, -0.25) is 0 Å². The van der Waals surface area contributed by atoms with Crippen LogP contribution in [-0.4, -0.2) is 26.2 Å². The lowest BCUT2D eigenvalue weighted by Gasteiger charge is -2.12. The van der Waals surface area contributed by atoms with Gasteiger partial charge in [-0.25, -0.2) is 4.98 Å². The second-order valence-corrected chi connectivity index (χ2v) is 5.55. The van der Waals surface area contributed by atoms with E-state index in [1.165, 1.54) is 38.4 Å². The summed E-state index contributed by atoms with van der Waals surface area (Å²) >= 11 is 0. The van der Waals surface area contributed by atoms with E-state index >= 15 is 0 Å². The van der Waals surface area contributed by atoms with Gasteiger partial charge < -0.3 is 10.5 Å². The van der Waals surface area contributed by atoms with Crippen molar-refractivity contribution in [1.29, 1.82) is 0 Å². The average molecular weight is 305 g/mol. The van der Waals surface area contributed by atoms with Crippen molar-refractivity contribution in [2.75, 3.05) is 12.3 Å². The largest absolute Gasteiger partial charge is 0.383 e. The van der Waals surface area contributed by atoms with Crippen molar-refractivity contribution in [3.8, 4) is 0 Å². The van der Waals surface area contributed by atoms with Gasteiger partial charge in [-0.1, -0.05) is 39.0 Å². The molecule has 0 atom stereocenters. The highest BCUT2D eigenvalue weighted by Gasteiger charge is 2.14. The Kier molecular flexibility index (Phi) is 6.58. The van der Waals surface area contributed by atoms with Gasteiger partial charge in [-0.15, -0.1) is 0 Å². The standard InChI is InChI=1S/C16H27N5O/c1-3-5-6-7-8-9-10-13-14(11-22-4-2)20-16-18-12-19-21(16)15(13)17/h12H,3-11,17H2,1-2H3. The van der Waals surface area contributed by atoms with Gasteiger partial charge in [-0.2, -0.15) is 14.6 Å². The van der Waals surface area contributed by atoms with E-state index in [-0.39, 0.29) is 0 Å². The van der Waals surface area contributed by atoms with Gasteiger partial charge in [0.1, 0.15) is 12.1 Å². The Morgan fingerprint density at radius 2 is 1.91 bits per heavy atom. The number of hydrogen-bond donors (Lipinski definition) is 1. The van der Waals surface area contributed by atoms with Crippen molar-refractivity contribution in [1.82, 2.24) is 19.6 Å². The van der Waals surface area contributed by atoms with E-state index in [2.05, 4.69) is 22.0 Å². The summed E-state index contributed by atoms with van der Waals surface area (Å²) in [6.07, 6.45) is 9.95. The number of nitrogens with zero attached hydrogens (tertiary/aromatic N) is 4. The third-order valence-electron chi connectivity index (χ3n) is 3.87. The summed E-state index contributed by atoms with van der Waals surface area (Å²) in [7, 11) is 0. The molecule has 2 heterocycles. The molecule has 0 aromatic carbocycles. The van der Waals surface area contributed by atoms with Crippen molar-refractivity contribution >= 4 is 11.6 Å². The highest BCUT2D eigenvalue weighted by Crippen LogP contribution is 2.20. The SMILES string of the molecule is CCCCCCCCc1c(COCC)nc2ncnn2c1N. The summed E-state index contributed by atoms with van der Waals surface area (Å²) in [5, 5.41) is 4.15. The third-order valence-corrected chi connectivity index (χ3v) is 3.87. The predicted molar refractivity (Wildman–Crippen MR) is 87.6 cm³/mol. The van der Waals surface area contributed by atoms with Crippen LogP contribution in [0, 0.1) is 0 Å². The smallest absolute Gasteiger partial charge is 0.254 e. The van der Waals surface area contributed by atoms with Gasteiger partial charge in [0.05, 0.1) is 12.3 Å². The van der Waals surface area contributed by atoms with Crippen molar-refractivity contribution < 1.29 is 4.74 Å². The summed E-state index contributed by atoms with van der Waals surface area (Å²) in [4.78, 5) is 8.67. The Morgan fingerprint density at radius 1 is 1.14 bits per heavy atom. The summed E-state index contributed by atoms with van der Waals surface area (Å²) in [6, 6.07) is 0. The van der Waals surface area contributed by atoms with Crippen molar-refractivity contribution in [3.63, 3.8) is 0 Å². The molecule has 122 valence electrons. The number of ether oxygens (including phenoxy) is 1. The molecule has 2 rings (SSSR count). The zero-order valence-electron chi connectivity index (χ0n) is 13.7. The molecule has 0 radical (unpaired) electrons. The molecule has 6 nitrogen and oxygen atoms in total. The van der Waals surface area contributed by atoms with Gasteiger partial charge in [0.25, 0.3) is 5.78 Å². The fraction of sp³-hybridized carbons (Fsp3) is 0.688. The van der Waals surface area contributed by atoms with E-state index in [9.17, 15) is 0 Å². The van der Waals surface area contributed by atoms with E-state index in [0.717, 1.165) is 24.1 Å². The first-order chi connectivity index (χ1) is 10.8. The molecule has 0 unspecified atom stereocenters. The fourth-order valence-electron chi connectivity index (χ4n) is 2.62. The van der Waals surface area contributed by atoms with Crippen molar-refractivity contribution in [2.45, 2.75) is 65.4 Å². The maximum atomic E-state index is 6.26. The Bertz CT molecular complexity index is 581. The number of nitrogens with two attached hydrogens (primary N) is 1. The minimum Gasteiger partial charge on any atom is -0.383 e. The number of nitrogen functional groups attached to an aromatic ring is 1. The topological polar surface area (TPSA) is 78.3 Å². The number of unbranched alkanes of at least 4 members (excludes halogenated alkanes) is 5. The van der Waals surface area contributed by atoms with Crippen LogP contribution in [0.1, 0.15) is 63.6 Å². The molecular formula is C16H27N5O. The molecule has 0 aliphatic carbocycles. The van der Waals surface area contributed by atoms with Crippen LogP contribution in [0.25, 0.3) is 5.78 Å². The number of anilines is 1. The molecule has 2 aromatic rings. The fourth-order valence-corrected chi connectivity index (χ4v) is 2.62. The number of rotatable bonds is 10. The molecule has 0 amide bonds. The first kappa shape index (κ1) is 16.7. The first-order valence-corrected chi connectivity index (χ1v) is 8.32. The lowest BCUT2D eigenvalue weighted by molar-refractivity contribution is 0.130. The first-order valence-electron chi connectivity index (χ1n) is 8.32. The molecule has 0 saturated carbocycles. The molecule has 6 heteroatoms. The number of hydrogen-bond acceptors (Lipinski definition) is 5. The molecule has 0 spiro atoms. The Balaban J connectivity index is 2.06. The van der Waals surface area contributed by atoms with Gasteiger partial charge in [0, 0.05) is 12.2 Å². The summed E-state index contributed by atoms with van der Waals surface area (Å²) in [5.74, 6) is 1.18. The number of fused-ring (bicyclic) bond motifs is 1. The van der Waals surface area contributed by atoms with Crippen LogP contribution >= 0.6 is 0 Å². The minimum absolute atomic E-state index is 0.481.